The first-order valence-corrected chi connectivity index (χ1v) is 7.56. The Morgan fingerprint density at radius 3 is 2.62 bits per heavy atom. The topological polar surface area (TPSA) is 61.6 Å². The van der Waals surface area contributed by atoms with Gasteiger partial charge in [-0.25, -0.2) is 0 Å². The fourth-order valence-electron chi connectivity index (χ4n) is 2.35. The first kappa shape index (κ1) is 15.9. The molecule has 0 radical (unpaired) electrons. The minimum atomic E-state index is -0.00220. The number of para-hydroxylation sites is 1. The number of thiocarbonyl (C=S) groups is 1. The molecule has 21 heavy (non-hydrogen) atoms. The number of nitrogens with two attached hydrogens (primary N) is 1. The Bertz CT molecular complexity index is 512. The maximum absolute atomic E-state index is 12.1. The van der Waals surface area contributed by atoms with E-state index in [1.807, 2.05) is 24.3 Å². The molecule has 6 heteroatoms. The van der Waals surface area contributed by atoms with Gasteiger partial charge in [-0.05, 0) is 19.2 Å². The van der Waals surface area contributed by atoms with Crippen LogP contribution in [0.25, 0.3) is 0 Å². The lowest BCUT2D eigenvalue weighted by molar-refractivity contribution is -0.116. The predicted molar refractivity (Wildman–Crippen MR) is 89.5 cm³/mol. The Hall–Kier alpha value is -1.50. The number of likely N-dealkylation sites (N-methyl/N-ethyl adjacent to an activating group) is 1. The highest BCUT2D eigenvalue weighted by molar-refractivity contribution is 7.80. The van der Waals surface area contributed by atoms with E-state index in [1.54, 1.807) is 0 Å². The minimum Gasteiger partial charge on any atom is -0.389 e. The average molecular weight is 306 g/mol. The van der Waals surface area contributed by atoms with Crippen molar-refractivity contribution in [2.75, 3.05) is 45.1 Å². The monoisotopic (exact) mass is 306 g/mol. The number of nitrogens with zero attached hydrogens (tertiary/aromatic N) is 2. The lowest BCUT2D eigenvalue weighted by Crippen LogP contribution is -2.45. The Morgan fingerprint density at radius 1 is 1.29 bits per heavy atom. The number of carbonyl (C=O) groups is 1. The normalized spacial score (nSPS) is 16.6. The molecule has 1 amide bonds. The molecule has 1 fully saturated rings. The van der Waals surface area contributed by atoms with Gasteiger partial charge >= 0.3 is 0 Å². The Kier molecular flexibility index (Phi) is 5.67. The second kappa shape index (κ2) is 7.49. The molecule has 0 aromatic heterocycles. The summed E-state index contributed by atoms with van der Waals surface area (Å²) in [4.78, 5) is 17.0. The zero-order valence-corrected chi connectivity index (χ0v) is 13.2. The molecule has 1 aromatic carbocycles. The SMILES string of the molecule is CN1CCN(CCC(=O)Nc2ccccc2C(N)=S)CC1. The van der Waals surface area contributed by atoms with Crippen molar-refractivity contribution in [3.63, 3.8) is 0 Å². The van der Waals surface area contributed by atoms with Crippen LogP contribution in [0.4, 0.5) is 5.69 Å². The van der Waals surface area contributed by atoms with Crippen LogP contribution in [0.15, 0.2) is 24.3 Å². The number of hydrogen-bond donors (Lipinski definition) is 2. The summed E-state index contributed by atoms with van der Waals surface area (Å²) in [5.41, 5.74) is 7.06. The fraction of sp³-hybridized carbons (Fsp3) is 0.467. The first-order valence-electron chi connectivity index (χ1n) is 7.16. The molecule has 1 aliphatic heterocycles. The van der Waals surface area contributed by atoms with Crippen LogP contribution in [0.3, 0.4) is 0 Å². The maximum Gasteiger partial charge on any atom is 0.225 e. The predicted octanol–water partition coefficient (Wildman–Crippen LogP) is 0.897. The minimum absolute atomic E-state index is 0.00220. The van der Waals surface area contributed by atoms with E-state index in [1.165, 1.54) is 0 Å². The van der Waals surface area contributed by atoms with Gasteiger partial charge in [0.15, 0.2) is 0 Å². The zero-order chi connectivity index (χ0) is 15.2. The summed E-state index contributed by atoms with van der Waals surface area (Å²) in [7, 11) is 2.12. The molecule has 1 heterocycles. The largest absolute Gasteiger partial charge is 0.389 e. The van der Waals surface area contributed by atoms with Gasteiger partial charge in [0, 0.05) is 44.7 Å². The van der Waals surface area contributed by atoms with E-state index in [0.29, 0.717) is 22.7 Å². The van der Waals surface area contributed by atoms with E-state index < -0.39 is 0 Å². The van der Waals surface area contributed by atoms with E-state index in [9.17, 15) is 4.79 Å². The standard InChI is InChI=1S/C15H22N4OS/c1-18-8-10-19(11-9-18)7-6-14(20)17-13-5-3-2-4-12(13)15(16)21/h2-5H,6-11H2,1H3,(H2,16,21)(H,17,20). The molecule has 3 N–H and O–H groups in total. The summed E-state index contributed by atoms with van der Waals surface area (Å²) >= 11 is 4.99. The molecule has 0 spiro atoms. The number of nitrogens with one attached hydrogen (secondary N) is 1. The van der Waals surface area contributed by atoms with Crippen LogP contribution >= 0.6 is 12.2 Å². The molecule has 1 aliphatic rings. The average Bonchev–Trinajstić information content (AvgIpc) is 2.47. The van der Waals surface area contributed by atoms with Crippen LogP contribution in [0.2, 0.25) is 0 Å². The van der Waals surface area contributed by atoms with Crippen molar-refractivity contribution in [3.8, 4) is 0 Å². The molecule has 0 bridgehead atoms. The van der Waals surface area contributed by atoms with Crippen LogP contribution in [0.5, 0.6) is 0 Å². The van der Waals surface area contributed by atoms with Crippen molar-refractivity contribution in [1.82, 2.24) is 9.80 Å². The number of carbonyl (C=O) groups excluding carboxylic acids is 1. The highest BCUT2D eigenvalue weighted by Crippen LogP contribution is 2.15. The summed E-state index contributed by atoms with van der Waals surface area (Å²) in [6.45, 7) is 4.95. The third-order valence-electron chi connectivity index (χ3n) is 3.72. The maximum atomic E-state index is 12.1. The van der Waals surface area contributed by atoms with Crippen LogP contribution in [-0.4, -0.2) is 60.5 Å². The second-order valence-corrected chi connectivity index (χ2v) is 5.79. The second-order valence-electron chi connectivity index (χ2n) is 5.35. The van der Waals surface area contributed by atoms with Crippen LogP contribution in [0, 0.1) is 0 Å². The number of benzene rings is 1. The van der Waals surface area contributed by atoms with Crippen molar-refractivity contribution in [2.45, 2.75) is 6.42 Å². The highest BCUT2D eigenvalue weighted by Gasteiger charge is 2.15. The molecule has 114 valence electrons. The molecule has 1 aromatic rings. The smallest absolute Gasteiger partial charge is 0.225 e. The van der Waals surface area contributed by atoms with E-state index in [2.05, 4.69) is 22.2 Å². The summed E-state index contributed by atoms with van der Waals surface area (Å²) < 4.78 is 0. The summed E-state index contributed by atoms with van der Waals surface area (Å²) in [5, 5.41) is 2.90. The number of anilines is 1. The molecule has 2 rings (SSSR count). The Labute approximate surface area is 131 Å². The van der Waals surface area contributed by atoms with Gasteiger partial charge in [0.25, 0.3) is 0 Å². The molecule has 5 nitrogen and oxygen atoms in total. The van der Waals surface area contributed by atoms with Crippen molar-refractivity contribution in [3.05, 3.63) is 29.8 Å². The zero-order valence-electron chi connectivity index (χ0n) is 12.3. The van der Waals surface area contributed by atoms with Crippen molar-refractivity contribution in [2.24, 2.45) is 5.73 Å². The number of hydrogen-bond acceptors (Lipinski definition) is 4. The van der Waals surface area contributed by atoms with Gasteiger partial charge in [-0.2, -0.15) is 0 Å². The van der Waals surface area contributed by atoms with Gasteiger partial charge in [0.1, 0.15) is 4.99 Å². The first-order chi connectivity index (χ1) is 10.1. The summed E-state index contributed by atoms with van der Waals surface area (Å²) in [6, 6.07) is 7.35. The van der Waals surface area contributed by atoms with E-state index in [0.717, 1.165) is 32.7 Å². The number of rotatable bonds is 5. The lowest BCUT2D eigenvalue weighted by atomic mass is 10.1. The van der Waals surface area contributed by atoms with Crippen LogP contribution < -0.4 is 11.1 Å². The molecule has 0 saturated carbocycles. The van der Waals surface area contributed by atoms with Crippen LogP contribution in [-0.2, 0) is 4.79 Å². The van der Waals surface area contributed by atoms with Gasteiger partial charge in [-0.15, -0.1) is 0 Å². The molecular formula is C15H22N4OS. The third-order valence-corrected chi connectivity index (χ3v) is 3.94. The highest BCUT2D eigenvalue weighted by atomic mass is 32.1. The van der Waals surface area contributed by atoms with E-state index >= 15 is 0 Å². The Balaban J connectivity index is 1.83. The molecule has 0 aliphatic carbocycles. The number of piperazine rings is 1. The van der Waals surface area contributed by atoms with Crippen molar-refractivity contribution < 1.29 is 4.79 Å². The quantitative estimate of drug-likeness (QED) is 0.792. The van der Waals surface area contributed by atoms with Gasteiger partial charge < -0.3 is 20.9 Å². The molecule has 0 atom stereocenters. The Morgan fingerprint density at radius 2 is 1.95 bits per heavy atom. The third kappa shape index (κ3) is 4.77. The van der Waals surface area contributed by atoms with Gasteiger partial charge in [0.2, 0.25) is 5.91 Å². The lowest BCUT2D eigenvalue weighted by Gasteiger charge is -2.32. The van der Waals surface area contributed by atoms with Crippen LogP contribution in [0.1, 0.15) is 12.0 Å². The van der Waals surface area contributed by atoms with Crippen molar-refractivity contribution >= 4 is 28.8 Å². The molecule has 0 unspecified atom stereocenters. The summed E-state index contributed by atoms with van der Waals surface area (Å²) in [5.74, 6) is -0.00220. The van der Waals surface area contributed by atoms with Gasteiger partial charge in [-0.1, -0.05) is 24.4 Å². The van der Waals surface area contributed by atoms with E-state index in [-0.39, 0.29) is 5.91 Å². The van der Waals surface area contributed by atoms with E-state index in [4.69, 9.17) is 18.0 Å². The fourth-order valence-corrected chi connectivity index (χ4v) is 2.53. The van der Waals surface area contributed by atoms with Crippen molar-refractivity contribution in [1.29, 1.82) is 0 Å². The molecule has 1 saturated heterocycles. The van der Waals surface area contributed by atoms with Gasteiger partial charge in [-0.3, -0.25) is 4.79 Å². The molecular weight excluding hydrogens is 284 g/mol. The number of amides is 1. The summed E-state index contributed by atoms with van der Waals surface area (Å²) in [6.07, 6.45) is 0.482. The van der Waals surface area contributed by atoms with Gasteiger partial charge in [0.05, 0.1) is 5.69 Å².